The monoisotopic (exact) mass is 327 g/mol. The van der Waals surface area contributed by atoms with Crippen LogP contribution in [0.5, 0.6) is 0 Å². The first-order valence-corrected chi connectivity index (χ1v) is 7.97. The molecule has 7 heteroatoms. The normalized spacial score (nSPS) is 12.9. The second-order valence-corrected chi connectivity index (χ2v) is 6.66. The van der Waals surface area contributed by atoms with Crippen LogP contribution in [0.4, 0.5) is 14.5 Å². The minimum Gasteiger partial charge on any atom is -0.392 e. The van der Waals surface area contributed by atoms with Crippen LogP contribution in [0.3, 0.4) is 0 Å². The summed E-state index contributed by atoms with van der Waals surface area (Å²) in [5.41, 5.74) is 0.327. The van der Waals surface area contributed by atoms with Gasteiger partial charge in [0.15, 0.2) is 11.6 Å². The largest absolute Gasteiger partial charge is 0.392 e. The van der Waals surface area contributed by atoms with E-state index in [0.717, 1.165) is 16.4 Å². The number of benzene rings is 2. The zero-order valence-corrected chi connectivity index (χ0v) is 12.6. The van der Waals surface area contributed by atoms with Crippen molar-refractivity contribution in [2.24, 2.45) is 0 Å². The van der Waals surface area contributed by atoms with E-state index >= 15 is 0 Å². The van der Waals surface area contributed by atoms with Gasteiger partial charge in [0.1, 0.15) is 0 Å². The van der Waals surface area contributed by atoms with Crippen LogP contribution in [-0.4, -0.2) is 26.2 Å². The smallest absolute Gasteiger partial charge is 0.264 e. The molecule has 0 heterocycles. The van der Waals surface area contributed by atoms with Gasteiger partial charge in [0, 0.05) is 0 Å². The summed E-state index contributed by atoms with van der Waals surface area (Å²) < 4.78 is 52.6. The Hall–Kier alpha value is -1.99. The van der Waals surface area contributed by atoms with E-state index in [2.05, 4.69) is 0 Å². The number of para-hydroxylation sites is 1. The van der Waals surface area contributed by atoms with Gasteiger partial charge in [-0.05, 0) is 37.3 Å². The predicted octanol–water partition coefficient (Wildman–Crippen LogP) is 2.54. The van der Waals surface area contributed by atoms with Crippen LogP contribution < -0.4 is 4.31 Å². The maximum Gasteiger partial charge on any atom is 0.264 e. The van der Waals surface area contributed by atoms with Crippen molar-refractivity contribution < 1.29 is 22.3 Å². The maximum absolute atomic E-state index is 13.3. The second-order valence-electron chi connectivity index (χ2n) is 4.80. The van der Waals surface area contributed by atoms with E-state index in [9.17, 15) is 22.3 Å². The number of rotatable bonds is 5. The van der Waals surface area contributed by atoms with Gasteiger partial charge in [-0.25, -0.2) is 17.2 Å². The number of hydrogen-bond acceptors (Lipinski definition) is 3. The number of sulfonamides is 1. The summed E-state index contributed by atoms with van der Waals surface area (Å²) in [6, 6.07) is 10.5. The summed E-state index contributed by atoms with van der Waals surface area (Å²) in [5.74, 6) is -2.37. The molecular formula is C15H15F2NO3S. The fourth-order valence-electron chi connectivity index (χ4n) is 1.94. The Kier molecular flexibility index (Phi) is 4.77. The molecule has 0 saturated carbocycles. The summed E-state index contributed by atoms with van der Waals surface area (Å²) in [5, 5.41) is 9.55. The summed E-state index contributed by atoms with van der Waals surface area (Å²) in [7, 11) is -4.12. The highest BCUT2D eigenvalue weighted by Crippen LogP contribution is 2.24. The highest BCUT2D eigenvalue weighted by atomic mass is 32.2. The van der Waals surface area contributed by atoms with E-state index in [1.807, 2.05) is 0 Å². The molecule has 22 heavy (non-hydrogen) atoms. The van der Waals surface area contributed by atoms with Crippen molar-refractivity contribution in [3.8, 4) is 0 Å². The molecule has 1 N–H and O–H groups in total. The van der Waals surface area contributed by atoms with Crippen molar-refractivity contribution in [1.29, 1.82) is 0 Å². The second kappa shape index (κ2) is 6.41. The van der Waals surface area contributed by atoms with E-state index in [1.165, 1.54) is 6.92 Å². The average Bonchev–Trinajstić information content (AvgIpc) is 2.48. The van der Waals surface area contributed by atoms with E-state index in [-0.39, 0.29) is 11.4 Å². The number of aliphatic hydroxyl groups excluding tert-OH is 1. The summed E-state index contributed by atoms with van der Waals surface area (Å²) in [6.45, 7) is 1.24. The predicted molar refractivity (Wildman–Crippen MR) is 79.0 cm³/mol. The fraction of sp³-hybridized carbons (Fsp3) is 0.200. The Morgan fingerprint density at radius 3 is 2.27 bits per heavy atom. The van der Waals surface area contributed by atoms with Gasteiger partial charge < -0.3 is 5.11 Å². The first kappa shape index (κ1) is 16.4. The number of nitrogens with zero attached hydrogens (tertiary/aromatic N) is 1. The minimum absolute atomic E-state index is 0.203. The SMILES string of the molecule is C[C@@H](O)CN(c1ccccc1)S(=O)(=O)c1ccc(F)c(F)c1. The van der Waals surface area contributed by atoms with Crippen LogP contribution in [-0.2, 0) is 10.0 Å². The number of aliphatic hydroxyl groups is 1. The van der Waals surface area contributed by atoms with E-state index in [0.29, 0.717) is 11.8 Å². The van der Waals surface area contributed by atoms with Gasteiger partial charge in [0.25, 0.3) is 10.0 Å². The molecule has 2 rings (SSSR count). The molecule has 2 aromatic carbocycles. The molecule has 0 aliphatic rings. The van der Waals surface area contributed by atoms with Crippen molar-refractivity contribution in [2.75, 3.05) is 10.8 Å². The van der Waals surface area contributed by atoms with Gasteiger partial charge >= 0.3 is 0 Å². The lowest BCUT2D eigenvalue weighted by Gasteiger charge is -2.25. The van der Waals surface area contributed by atoms with Crippen molar-refractivity contribution in [3.05, 3.63) is 60.2 Å². The molecule has 0 bridgehead atoms. The zero-order chi connectivity index (χ0) is 16.3. The quantitative estimate of drug-likeness (QED) is 0.918. The van der Waals surface area contributed by atoms with Crippen LogP contribution in [0.25, 0.3) is 0 Å². The lowest BCUT2D eigenvalue weighted by Crippen LogP contribution is -2.36. The van der Waals surface area contributed by atoms with Gasteiger partial charge in [-0.1, -0.05) is 18.2 Å². The van der Waals surface area contributed by atoms with Crippen molar-refractivity contribution in [1.82, 2.24) is 0 Å². The standard InChI is InChI=1S/C15H15F2NO3S/c1-11(19)10-18(12-5-3-2-4-6-12)22(20,21)13-7-8-14(16)15(17)9-13/h2-9,11,19H,10H2,1H3/t11-/m1/s1. The molecular weight excluding hydrogens is 312 g/mol. The maximum atomic E-state index is 13.3. The van der Waals surface area contributed by atoms with Gasteiger partial charge in [0.2, 0.25) is 0 Å². The van der Waals surface area contributed by atoms with Crippen molar-refractivity contribution in [2.45, 2.75) is 17.9 Å². The third-order valence-electron chi connectivity index (χ3n) is 2.95. The molecule has 0 saturated heterocycles. The Morgan fingerprint density at radius 1 is 1.09 bits per heavy atom. The molecule has 0 aliphatic carbocycles. The topological polar surface area (TPSA) is 57.6 Å². The molecule has 2 aromatic rings. The van der Waals surface area contributed by atoms with Crippen LogP contribution in [0.2, 0.25) is 0 Å². The fourth-order valence-corrected chi connectivity index (χ4v) is 3.50. The van der Waals surface area contributed by atoms with E-state index < -0.39 is 27.8 Å². The van der Waals surface area contributed by atoms with Crippen LogP contribution in [0.15, 0.2) is 53.4 Å². The van der Waals surface area contributed by atoms with Gasteiger partial charge in [0.05, 0.1) is 23.2 Å². The number of anilines is 1. The lowest BCUT2D eigenvalue weighted by molar-refractivity contribution is 0.204. The minimum atomic E-state index is -4.12. The summed E-state index contributed by atoms with van der Waals surface area (Å²) in [4.78, 5) is -0.379. The Bertz CT molecular complexity index is 749. The Morgan fingerprint density at radius 2 is 1.73 bits per heavy atom. The highest BCUT2D eigenvalue weighted by molar-refractivity contribution is 7.92. The molecule has 1 atom stereocenters. The van der Waals surface area contributed by atoms with Crippen molar-refractivity contribution in [3.63, 3.8) is 0 Å². The first-order valence-electron chi connectivity index (χ1n) is 6.53. The van der Waals surface area contributed by atoms with Gasteiger partial charge in [-0.3, -0.25) is 4.31 Å². The Balaban J connectivity index is 2.51. The molecule has 0 aliphatic heterocycles. The highest BCUT2D eigenvalue weighted by Gasteiger charge is 2.27. The molecule has 4 nitrogen and oxygen atoms in total. The molecule has 0 unspecified atom stereocenters. The number of hydrogen-bond donors (Lipinski definition) is 1. The third kappa shape index (κ3) is 3.42. The molecule has 0 spiro atoms. The molecule has 0 radical (unpaired) electrons. The molecule has 118 valence electrons. The van der Waals surface area contributed by atoms with E-state index in [4.69, 9.17) is 0 Å². The van der Waals surface area contributed by atoms with E-state index in [1.54, 1.807) is 30.3 Å². The third-order valence-corrected chi connectivity index (χ3v) is 4.74. The van der Waals surface area contributed by atoms with Crippen LogP contribution in [0, 0.1) is 11.6 Å². The first-order chi connectivity index (χ1) is 10.3. The lowest BCUT2D eigenvalue weighted by atomic mass is 10.3. The van der Waals surface area contributed by atoms with Gasteiger partial charge in [-0.15, -0.1) is 0 Å². The van der Waals surface area contributed by atoms with Crippen LogP contribution in [0.1, 0.15) is 6.92 Å². The molecule has 0 fully saturated rings. The van der Waals surface area contributed by atoms with Crippen molar-refractivity contribution >= 4 is 15.7 Å². The summed E-state index contributed by atoms with van der Waals surface area (Å²) >= 11 is 0. The van der Waals surface area contributed by atoms with Gasteiger partial charge in [-0.2, -0.15) is 0 Å². The number of halogens is 2. The average molecular weight is 327 g/mol. The Labute approximate surface area is 127 Å². The van der Waals surface area contributed by atoms with Crippen LogP contribution >= 0.6 is 0 Å². The summed E-state index contributed by atoms with van der Waals surface area (Å²) in [6.07, 6.45) is -0.930. The molecule has 0 aromatic heterocycles. The molecule has 0 amide bonds. The zero-order valence-electron chi connectivity index (χ0n) is 11.8.